The SMILES string of the molecule is C=CCn1c(SCC(=O)Nc2nc(-c3ccc(F)cc3)cs2)nnc1-c1cccc(C)c1. The Morgan fingerprint density at radius 1 is 1.22 bits per heavy atom. The molecule has 162 valence electrons. The normalized spacial score (nSPS) is 10.8. The zero-order chi connectivity index (χ0) is 22.5. The molecule has 6 nitrogen and oxygen atoms in total. The lowest BCUT2D eigenvalue weighted by Gasteiger charge is -2.08. The Kier molecular flexibility index (Phi) is 6.77. The molecule has 0 spiro atoms. The van der Waals surface area contributed by atoms with E-state index in [9.17, 15) is 9.18 Å². The summed E-state index contributed by atoms with van der Waals surface area (Å²) in [5.74, 6) is 0.402. The van der Waals surface area contributed by atoms with Gasteiger partial charge in [0.05, 0.1) is 11.4 Å². The predicted octanol–water partition coefficient (Wildman–Crippen LogP) is 5.43. The Morgan fingerprint density at radius 2 is 2.03 bits per heavy atom. The number of amides is 1. The molecule has 0 atom stereocenters. The van der Waals surface area contributed by atoms with E-state index in [0.717, 1.165) is 22.5 Å². The van der Waals surface area contributed by atoms with E-state index in [0.29, 0.717) is 22.5 Å². The number of rotatable bonds is 8. The minimum absolute atomic E-state index is 0.161. The number of aromatic nitrogens is 4. The number of carbonyl (C=O) groups is 1. The van der Waals surface area contributed by atoms with Gasteiger partial charge in [0.15, 0.2) is 16.1 Å². The zero-order valence-electron chi connectivity index (χ0n) is 17.3. The number of hydrogen-bond donors (Lipinski definition) is 1. The van der Waals surface area contributed by atoms with Crippen molar-refractivity contribution in [3.63, 3.8) is 0 Å². The number of carbonyl (C=O) groups excluding carboxylic acids is 1. The highest BCUT2D eigenvalue weighted by Crippen LogP contribution is 2.27. The molecule has 1 N–H and O–H groups in total. The van der Waals surface area contributed by atoms with Crippen LogP contribution in [0.4, 0.5) is 9.52 Å². The van der Waals surface area contributed by atoms with Crippen molar-refractivity contribution in [1.29, 1.82) is 0 Å². The number of halogens is 1. The molecule has 1 amide bonds. The number of hydrogen-bond acceptors (Lipinski definition) is 6. The van der Waals surface area contributed by atoms with Gasteiger partial charge in [0.2, 0.25) is 5.91 Å². The summed E-state index contributed by atoms with van der Waals surface area (Å²) in [5, 5.41) is 14.4. The molecule has 0 aliphatic heterocycles. The number of aryl methyl sites for hydroxylation is 1. The van der Waals surface area contributed by atoms with Gasteiger partial charge in [-0.1, -0.05) is 41.6 Å². The molecular weight excluding hydrogens is 445 g/mol. The number of thiazole rings is 1. The third kappa shape index (κ3) is 5.12. The van der Waals surface area contributed by atoms with Crippen molar-refractivity contribution < 1.29 is 9.18 Å². The Hall–Kier alpha value is -3.30. The van der Waals surface area contributed by atoms with E-state index >= 15 is 0 Å². The number of allylic oxidation sites excluding steroid dienone is 1. The van der Waals surface area contributed by atoms with Crippen LogP contribution in [-0.4, -0.2) is 31.4 Å². The van der Waals surface area contributed by atoms with E-state index in [4.69, 9.17) is 0 Å². The van der Waals surface area contributed by atoms with Crippen LogP contribution in [0.2, 0.25) is 0 Å². The molecule has 0 bridgehead atoms. The number of anilines is 1. The van der Waals surface area contributed by atoms with Crippen LogP contribution < -0.4 is 5.32 Å². The van der Waals surface area contributed by atoms with Crippen LogP contribution in [0.25, 0.3) is 22.6 Å². The van der Waals surface area contributed by atoms with Crippen LogP contribution in [-0.2, 0) is 11.3 Å². The maximum Gasteiger partial charge on any atom is 0.236 e. The Balaban J connectivity index is 1.42. The van der Waals surface area contributed by atoms with Gasteiger partial charge in [-0.05, 0) is 37.3 Å². The predicted molar refractivity (Wildman–Crippen MR) is 127 cm³/mol. The van der Waals surface area contributed by atoms with Crippen LogP contribution in [0.1, 0.15) is 5.56 Å². The van der Waals surface area contributed by atoms with Gasteiger partial charge in [-0.25, -0.2) is 9.37 Å². The van der Waals surface area contributed by atoms with Crippen LogP contribution in [0.3, 0.4) is 0 Å². The summed E-state index contributed by atoms with van der Waals surface area (Å²) in [7, 11) is 0. The molecule has 32 heavy (non-hydrogen) atoms. The number of nitrogens with zero attached hydrogens (tertiary/aromatic N) is 4. The molecule has 4 rings (SSSR count). The average molecular weight is 466 g/mol. The van der Waals surface area contributed by atoms with E-state index in [1.54, 1.807) is 18.2 Å². The van der Waals surface area contributed by atoms with Gasteiger partial charge in [0.25, 0.3) is 0 Å². The topological polar surface area (TPSA) is 72.7 Å². The Labute approximate surface area is 193 Å². The highest BCUT2D eigenvalue weighted by atomic mass is 32.2. The van der Waals surface area contributed by atoms with E-state index < -0.39 is 0 Å². The van der Waals surface area contributed by atoms with Crippen molar-refractivity contribution in [3.8, 4) is 22.6 Å². The Morgan fingerprint density at radius 3 is 2.78 bits per heavy atom. The van der Waals surface area contributed by atoms with Crippen LogP contribution in [0.15, 0.2) is 71.7 Å². The van der Waals surface area contributed by atoms with Gasteiger partial charge in [0.1, 0.15) is 5.82 Å². The number of thioether (sulfide) groups is 1. The summed E-state index contributed by atoms with van der Waals surface area (Å²) in [6.07, 6.45) is 1.78. The summed E-state index contributed by atoms with van der Waals surface area (Å²) in [5.41, 5.74) is 3.57. The molecule has 0 saturated heterocycles. The second-order valence-electron chi connectivity index (χ2n) is 6.96. The fourth-order valence-corrected chi connectivity index (χ4v) is 4.54. The summed E-state index contributed by atoms with van der Waals surface area (Å²) >= 11 is 2.62. The third-order valence-corrected chi connectivity index (χ3v) is 6.25. The van der Waals surface area contributed by atoms with Crippen molar-refractivity contribution in [2.45, 2.75) is 18.6 Å². The van der Waals surface area contributed by atoms with Gasteiger partial charge in [0, 0.05) is 23.1 Å². The fraction of sp³-hybridized carbons (Fsp3) is 0.130. The summed E-state index contributed by atoms with van der Waals surface area (Å²) in [6.45, 7) is 6.38. The zero-order valence-corrected chi connectivity index (χ0v) is 18.9. The first-order chi connectivity index (χ1) is 15.5. The molecule has 4 aromatic rings. The van der Waals surface area contributed by atoms with Crippen molar-refractivity contribution in [2.75, 3.05) is 11.1 Å². The highest BCUT2D eigenvalue weighted by Gasteiger charge is 2.16. The first kappa shape index (κ1) is 21.9. The average Bonchev–Trinajstić information content (AvgIpc) is 3.40. The van der Waals surface area contributed by atoms with Gasteiger partial charge < -0.3 is 5.32 Å². The molecule has 0 fully saturated rings. The van der Waals surface area contributed by atoms with Crippen molar-refractivity contribution in [1.82, 2.24) is 19.7 Å². The fourth-order valence-electron chi connectivity index (χ4n) is 3.06. The molecular formula is C23H20FN5OS2. The molecule has 0 aliphatic rings. The smallest absolute Gasteiger partial charge is 0.236 e. The van der Waals surface area contributed by atoms with Crippen LogP contribution >= 0.6 is 23.1 Å². The van der Waals surface area contributed by atoms with Gasteiger partial charge >= 0.3 is 0 Å². The van der Waals surface area contributed by atoms with Gasteiger partial charge in [-0.2, -0.15) is 0 Å². The highest BCUT2D eigenvalue weighted by molar-refractivity contribution is 7.99. The molecule has 2 aromatic heterocycles. The monoisotopic (exact) mass is 465 g/mol. The van der Waals surface area contributed by atoms with Crippen molar-refractivity contribution in [2.24, 2.45) is 0 Å². The van der Waals surface area contributed by atoms with Crippen LogP contribution in [0.5, 0.6) is 0 Å². The first-order valence-electron chi connectivity index (χ1n) is 9.79. The molecule has 2 heterocycles. The van der Waals surface area contributed by atoms with Gasteiger partial charge in [-0.3, -0.25) is 9.36 Å². The maximum atomic E-state index is 13.1. The molecule has 0 radical (unpaired) electrons. The summed E-state index contributed by atoms with van der Waals surface area (Å²) < 4.78 is 15.0. The standard InChI is InChI=1S/C23H20FN5OS2/c1-3-11-29-21(17-6-4-5-15(2)12-17)27-28-23(29)32-14-20(30)26-22-25-19(13-31-22)16-7-9-18(24)10-8-16/h3-10,12-13H,1,11,14H2,2H3,(H,25,26,30). The lowest BCUT2D eigenvalue weighted by molar-refractivity contribution is -0.113. The largest absolute Gasteiger partial charge is 0.301 e. The number of benzene rings is 2. The molecule has 0 unspecified atom stereocenters. The van der Waals surface area contributed by atoms with E-state index in [-0.39, 0.29) is 17.5 Å². The minimum atomic E-state index is -0.301. The second kappa shape index (κ2) is 9.88. The van der Waals surface area contributed by atoms with Crippen LogP contribution in [0, 0.1) is 12.7 Å². The summed E-state index contributed by atoms with van der Waals surface area (Å²) in [4.78, 5) is 16.9. The Bertz CT molecular complexity index is 1250. The summed E-state index contributed by atoms with van der Waals surface area (Å²) in [6, 6.07) is 14.1. The number of nitrogens with one attached hydrogen (secondary N) is 1. The van der Waals surface area contributed by atoms with E-state index in [2.05, 4.69) is 27.1 Å². The molecule has 9 heteroatoms. The first-order valence-corrected chi connectivity index (χ1v) is 11.7. The maximum absolute atomic E-state index is 13.1. The molecule has 0 aliphatic carbocycles. The molecule has 0 saturated carbocycles. The van der Waals surface area contributed by atoms with E-state index in [1.165, 1.54) is 35.2 Å². The van der Waals surface area contributed by atoms with E-state index in [1.807, 2.05) is 41.1 Å². The second-order valence-corrected chi connectivity index (χ2v) is 8.76. The van der Waals surface area contributed by atoms with Crippen molar-refractivity contribution >= 4 is 34.1 Å². The quantitative estimate of drug-likeness (QED) is 0.277. The van der Waals surface area contributed by atoms with Gasteiger partial charge in [-0.15, -0.1) is 28.1 Å². The third-order valence-electron chi connectivity index (χ3n) is 4.53. The molecule has 2 aromatic carbocycles. The van der Waals surface area contributed by atoms with Crippen molar-refractivity contribution in [3.05, 3.63) is 77.9 Å². The minimum Gasteiger partial charge on any atom is -0.301 e. The lowest BCUT2D eigenvalue weighted by atomic mass is 10.1. The lowest BCUT2D eigenvalue weighted by Crippen LogP contribution is -2.14.